The summed E-state index contributed by atoms with van der Waals surface area (Å²) in [6, 6.07) is 16.0. The van der Waals surface area contributed by atoms with Crippen LogP contribution in [0.3, 0.4) is 0 Å². The first-order valence-corrected chi connectivity index (χ1v) is 28.7. The maximum Gasteiger partial charge on any atom is 0.152 e. The highest BCUT2D eigenvalue weighted by atomic mass is 79.9. The molecule has 410 valence electrons. The van der Waals surface area contributed by atoms with E-state index in [9.17, 15) is 0 Å². The molecule has 0 N–H and O–H groups in total. The molecule has 0 amide bonds. The van der Waals surface area contributed by atoms with E-state index in [0.29, 0.717) is 13.2 Å². The van der Waals surface area contributed by atoms with Crippen LogP contribution < -0.4 is 10.4 Å². The normalized spacial score (nSPS) is 12.8. The number of ether oxygens (including phenoxy) is 22. The molecule has 1 aliphatic rings. The lowest BCUT2D eigenvalue weighted by atomic mass is 10.1. The Balaban J connectivity index is 1.17. The van der Waals surface area contributed by atoms with Gasteiger partial charge in [0.05, 0.1) is 13.2 Å². The Hall–Kier alpha value is -0.563. The van der Waals surface area contributed by atoms with Gasteiger partial charge in [0.1, 0.15) is 35.2 Å². The van der Waals surface area contributed by atoms with Crippen LogP contribution in [0.15, 0.2) is 45.3 Å². The average molecular weight is 1210 g/mol. The fourth-order valence-corrected chi connectivity index (χ4v) is 15.2. The van der Waals surface area contributed by atoms with E-state index in [0.717, 1.165) is 44.8 Å². The van der Waals surface area contributed by atoms with Gasteiger partial charge in [-0.15, -0.1) is 0 Å². The first kappa shape index (κ1) is 64.7. The molecule has 0 saturated carbocycles. The quantitative estimate of drug-likeness (QED) is 0.0438. The van der Waals surface area contributed by atoms with Crippen LogP contribution in [0, 0.1) is 0 Å². The van der Waals surface area contributed by atoms with Gasteiger partial charge in [0.2, 0.25) is 0 Å². The van der Waals surface area contributed by atoms with E-state index in [-0.39, 0.29) is 136 Å². The van der Waals surface area contributed by atoms with Crippen LogP contribution in [0.4, 0.5) is 0 Å². The highest BCUT2D eigenvalue weighted by Crippen LogP contribution is 2.37. The number of fused-ring (bicyclic) bond motifs is 3. The summed E-state index contributed by atoms with van der Waals surface area (Å²) in [5.41, 5.74) is 2.76. The second kappa shape index (κ2) is 46.7. The Morgan fingerprint density at radius 1 is 0.338 bits per heavy atom. The molecular formula is C44H72Br2O22S2Si. The van der Waals surface area contributed by atoms with Crippen molar-refractivity contribution < 1.29 is 104 Å². The van der Waals surface area contributed by atoms with Gasteiger partial charge in [0, 0.05) is 34.7 Å². The zero-order valence-electron chi connectivity index (χ0n) is 40.7. The summed E-state index contributed by atoms with van der Waals surface area (Å²) < 4.78 is 116. The van der Waals surface area contributed by atoms with E-state index in [2.05, 4.69) is 68.3 Å². The highest BCUT2D eigenvalue weighted by molar-refractivity contribution is 9.10. The van der Waals surface area contributed by atoms with Crippen molar-refractivity contribution in [1.29, 1.82) is 0 Å². The molecule has 2 aromatic carbocycles. The van der Waals surface area contributed by atoms with Gasteiger partial charge >= 0.3 is 0 Å². The number of thioether (sulfide) groups is 2. The molecule has 22 nitrogen and oxygen atoms in total. The van der Waals surface area contributed by atoms with Crippen molar-refractivity contribution in [3.8, 4) is 11.1 Å². The minimum Gasteiger partial charge on any atom is -0.359 e. The molecule has 1 heterocycles. The van der Waals surface area contributed by atoms with Crippen LogP contribution in [-0.2, 0) is 104 Å². The number of methoxy groups -OCH3 is 2. The van der Waals surface area contributed by atoms with Crippen LogP contribution in [0.2, 0.25) is 12.1 Å². The number of halogens is 2. The van der Waals surface area contributed by atoms with Gasteiger partial charge in [-0.1, -0.05) is 44.0 Å². The molecule has 3 rings (SSSR count). The maximum absolute atomic E-state index is 5.66. The number of benzene rings is 2. The largest absolute Gasteiger partial charge is 0.359 e. The lowest BCUT2D eigenvalue weighted by molar-refractivity contribution is -0.232. The summed E-state index contributed by atoms with van der Waals surface area (Å²) in [6.45, 7) is 1.88. The Bertz CT molecular complexity index is 1430. The summed E-state index contributed by atoms with van der Waals surface area (Å²) in [5.74, 6) is 3.86. The van der Waals surface area contributed by atoms with Crippen molar-refractivity contribution in [3.05, 3.63) is 45.3 Å². The molecule has 0 fully saturated rings. The fraction of sp³-hybridized carbons (Fsp3) is 0.727. The summed E-state index contributed by atoms with van der Waals surface area (Å²) in [7, 11) is 0.970. The molecular weight excluding hydrogens is 1130 g/mol. The predicted molar refractivity (Wildman–Crippen MR) is 269 cm³/mol. The molecule has 0 unspecified atom stereocenters. The lowest BCUT2D eigenvalue weighted by Gasteiger charge is -2.30. The van der Waals surface area contributed by atoms with Crippen molar-refractivity contribution in [1.82, 2.24) is 0 Å². The molecule has 1 aliphatic heterocycles. The van der Waals surface area contributed by atoms with Crippen LogP contribution in [0.1, 0.15) is 12.8 Å². The van der Waals surface area contributed by atoms with Crippen molar-refractivity contribution in [2.45, 2.75) is 24.9 Å². The average Bonchev–Trinajstić information content (AvgIpc) is 3.63. The number of rotatable bonds is 54. The van der Waals surface area contributed by atoms with Crippen molar-refractivity contribution >= 4 is 73.8 Å². The van der Waals surface area contributed by atoms with Crippen molar-refractivity contribution in [2.24, 2.45) is 0 Å². The number of hydrogen-bond acceptors (Lipinski definition) is 24. The summed E-state index contributed by atoms with van der Waals surface area (Å²) in [6.07, 6.45) is 2.25. The second-order valence-electron chi connectivity index (χ2n) is 14.3. The smallest absolute Gasteiger partial charge is 0.152 e. The fourth-order valence-electron chi connectivity index (χ4n) is 6.45. The number of hydrogen-bond donors (Lipinski definition) is 0. The van der Waals surface area contributed by atoms with Gasteiger partial charge in [-0.2, -0.15) is 23.5 Å². The Kier molecular flexibility index (Phi) is 42.6. The van der Waals surface area contributed by atoms with Crippen LogP contribution in [-0.4, -0.2) is 194 Å². The zero-order chi connectivity index (χ0) is 50.4. The Morgan fingerprint density at radius 2 is 0.592 bits per heavy atom. The zero-order valence-corrected chi connectivity index (χ0v) is 46.5. The lowest BCUT2D eigenvalue weighted by Crippen LogP contribution is -2.55. The maximum atomic E-state index is 5.66. The summed E-state index contributed by atoms with van der Waals surface area (Å²) in [5, 5.41) is 3.07. The molecule has 0 radical (unpaired) electrons. The first-order valence-electron chi connectivity index (χ1n) is 22.4. The minimum absolute atomic E-state index is 0.0000604. The molecule has 27 heteroatoms. The van der Waals surface area contributed by atoms with Crippen molar-refractivity contribution in [2.75, 3.05) is 186 Å². The van der Waals surface area contributed by atoms with Gasteiger partial charge in [0.15, 0.2) is 109 Å². The van der Waals surface area contributed by atoms with Gasteiger partial charge < -0.3 is 104 Å². The van der Waals surface area contributed by atoms with Crippen LogP contribution in [0.5, 0.6) is 0 Å². The van der Waals surface area contributed by atoms with E-state index >= 15 is 0 Å². The summed E-state index contributed by atoms with van der Waals surface area (Å²) in [4.78, 5) is 0. The van der Waals surface area contributed by atoms with Crippen LogP contribution in [0.25, 0.3) is 11.1 Å². The molecule has 0 spiro atoms. The van der Waals surface area contributed by atoms with E-state index in [1.54, 1.807) is 0 Å². The third-order valence-corrected chi connectivity index (χ3v) is 17.6. The monoisotopic (exact) mass is 1200 g/mol. The molecule has 2 aromatic rings. The van der Waals surface area contributed by atoms with Crippen molar-refractivity contribution in [3.63, 3.8) is 0 Å². The topological polar surface area (TPSA) is 203 Å². The molecule has 0 aliphatic carbocycles. The van der Waals surface area contributed by atoms with E-state index in [1.807, 2.05) is 23.5 Å². The van der Waals surface area contributed by atoms with E-state index < -0.39 is 8.07 Å². The standard InChI is InChI=1S/C44H72Br2O22S2Si/c1-47-19-51-23-55-27-59-31-63-35-67-37-65-33-61-29-57-25-53-21-49-9-13-69-11-3-15-71(43-17-39(45)5-7-41(43)42-8-6-40(46)18-44(42)71)16-4-12-70-14-10-50-22-54-26-58-30-62-34-66-38-68-36-64-32-60-28-56-24-52-20-48-2/h5-8,17-18H,3-4,9-16,19-38H2,1-2H3. The van der Waals surface area contributed by atoms with E-state index in [4.69, 9.17) is 104 Å². The highest BCUT2D eigenvalue weighted by Gasteiger charge is 2.44. The third kappa shape index (κ3) is 31.9. The van der Waals surface area contributed by atoms with Crippen LogP contribution >= 0.6 is 55.4 Å². The molecule has 0 atom stereocenters. The van der Waals surface area contributed by atoms with Gasteiger partial charge in [0.25, 0.3) is 0 Å². The Morgan fingerprint density at radius 3 is 0.859 bits per heavy atom. The molecule has 0 aromatic heterocycles. The first-order chi connectivity index (χ1) is 35.1. The third-order valence-electron chi connectivity index (χ3n) is 9.22. The van der Waals surface area contributed by atoms with Gasteiger partial charge in [-0.3, -0.25) is 0 Å². The minimum atomic E-state index is -2.08. The summed E-state index contributed by atoms with van der Waals surface area (Å²) >= 11 is 11.4. The van der Waals surface area contributed by atoms with Gasteiger partial charge in [-0.25, -0.2) is 0 Å². The molecule has 71 heavy (non-hydrogen) atoms. The van der Waals surface area contributed by atoms with Gasteiger partial charge in [-0.05, 0) is 82.2 Å². The SMILES string of the molecule is COCOCOCOCOCOCOCOCOCOCOCCSCCC[Si]1(CCCSCCOCOCOCOCOCOCOCOCOCOCOC)c2cc(Br)ccc2-c2ccc(Br)cc21. The second-order valence-corrected chi connectivity index (χ2v) is 22.8. The van der Waals surface area contributed by atoms with E-state index in [1.165, 1.54) is 47.8 Å². The molecule has 0 saturated heterocycles. The predicted octanol–water partition coefficient (Wildman–Crippen LogP) is 5.78. The molecule has 0 bridgehead atoms. The Labute approximate surface area is 443 Å².